The number of nitrogens with one attached hydrogen (secondary N) is 2. The van der Waals surface area contributed by atoms with Crippen LogP contribution in [0.1, 0.15) is 32.1 Å². The topological polar surface area (TPSA) is 70.6 Å². The van der Waals surface area contributed by atoms with Crippen molar-refractivity contribution in [1.82, 2.24) is 10.6 Å². The van der Waals surface area contributed by atoms with Crippen molar-refractivity contribution < 1.29 is 19.0 Å². The second kappa shape index (κ2) is 8.63. The Morgan fingerprint density at radius 2 is 2.08 bits per heavy atom. The molecule has 1 saturated heterocycles. The van der Waals surface area contributed by atoms with Crippen LogP contribution in [0, 0.1) is 17.7 Å². The number of hydrogen-bond acceptors (Lipinski definition) is 4. The Balaban J connectivity index is 1.42. The summed E-state index contributed by atoms with van der Waals surface area (Å²) in [5.41, 5.74) is 0. The van der Waals surface area contributed by atoms with Gasteiger partial charge in [0.1, 0.15) is 17.7 Å². The van der Waals surface area contributed by atoms with E-state index in [1.54, 1.807) is 12.1 Å². The highest BCUT2D eigenvalue weighted by Gasteiger charge is 2.36. The number of ether oxygens (including phenoxy) is 1. The quantitative estimate of drug-likeness (QED) is 0.732. The standard InChI is InChI=1S/C19H27FN2O3/c20-15-2-1-3-16(11-15)25-17-5-4-14(19(17)24)12-22-18(23)10-13-6-8-21-9-7-13/h1-3,11,13-14,17,19,21,24H,4-10,12H2,(H,22,23)/t14-,17-,19-/m1/s1. The van der Waals surface area contributed by atoms with E-state index in [0.29, 0.717) is 31.1 Å². The number of benzene rings is 1. The predicted molar refractivity (Wildman–Crippen MR) is 92.8 cm³/mol. The van der Waals surface area contributed by atoms with Crippen LogP contribution in [0.3, 0.4) is 0 Å². The average Bonchev–Trinajstić information content (AvgIpc) is 2.94. The average molecular weight is 350 g/mol. The maximum Gasteiger partial charge on any atom is 0.220 e. The second-order valence-electron chi connectivity index (χ2n) is 7.14. The van der Waals surface area contributed by atoms with Crippen molar-refractivity contribution in [2.24, 2.45) is 11.8 Å². The molecule has 0 radical (unpaired) electrons. The van der Waals surface area contributed by atoms with Crippen molar-refractivity contribution in [1.29, 1.82) is 0 Å². The van der Waals surface area contributed by atoms with Crippen LogP contribution in [0.25, 0.3) is 0 Å². The van der Waals surface area contributed by atoms with Gasteiger partial charge in [0.15, 0.2) is 0 Å². The smallest absolute Gasteiger partial charge is 0.220 e. The second-order valence-corrected chi connectivity index (χ2v) is 7.14. The van der Waals surface area contributed by atoms with Gasteiger partial charge in [-0.2, -0.15) is 0 Å². The first-order valence-electron chi connectivity index (χ1n) is 9.19. The number of halogens is 1. The molecule has 25 heavy (non-hydrogen) atoms. The summed E-state index contributed by atoms with van der Waals surface area (Å²) >= 11 is 0. The molecular weight excluding hydrogens is 323 g/mol. The third-order valence-corrected chi connectivity index (χ3v) is 5.26. The largest absolute Gasteiger partial charge is 0.488 e. The number of amides is 1. The molecule has 1 aromatic rings. The Hall–Kier alpha value is -1.66. The normalized spacial score (nSPS) is 27.2. The van der Waals surface area contributed by atoms with Gasteiger partial charge >= 0.3 is 0 Å². The molecule has 1 saturated carbocycles. The van der Waals surface area contributed by atoms with Gasteiger partial charge in [-0.15, -0.1) is 0 Å². The first-order chi connectivity index (χ1) is 12.1. The molecule has 1 aliphatic carbocycles. The molecule has 1 amide bonds. The van der Waals surface area contributed by atoms with Crippen molar-refractivity contribution in [3.63, 3.8) is 0 Å². The Kier molecular flexibility index (Phi) is 6.26. The molecule has 3 rings (SSSR count). The van der Waals surface area contributed by atoms with Crippen molar-refractivity contribution in [2.45, 2.75) is 44.3 Å². The zero-order chi connectivity index (χ0) is 17.6. The number of aliphatic hydroxyl groups is 1. The van der Waals surface area contributed by atoms with E-state index in [-0.39, 0.29) is 23.7 Å². The summed E-state index contributed by atoms with van der Waals surface area (Å²) in [5, 5.41) is 16.7. The summed E-state index contributed by atoms with van der Waals surface area (Å²) < 4.78 is 18.9. The minimum absolute atomic E-state index is 0.0180. The van der Waals surface area contributed by atoms with Crippen molar-refractivity contribution in [3.05, 3.63) is 30.1 Å². The third-order valence-electron chi connectivity index (χ3n) is 5.26. The van der Waals surface area contributed by atoms with E-state index in [0.717, 1.165) is 32.4 Å². The Labute approximate surface area is 147 Å². The van der Waals surface area contributed by atoms with Crippen molar-refractivity contribution >= 4 is 5.91 Å². The van der Waals surface area contributed by atoms with Crippen LogP contribution in [-0.2, 0) is 4.79 Å². The molecule has 6 heteroatoms. The number of carbonyl (C=O) groups excluding carboxylic acids is 1. The number of piperidine rings is 1. The van der Waals surface area contributed by atoms with E-state index in [1.165, 1.54) is 12.1 Å². The Morgan fingerprint density at radius 1 is 1.28 bits per heavy atom. The van der Waals surface area contributed by atoms with Gasteiger partial charge in [0.25, 0.3) is 0 Å². The van der Waals surface area contributed by atoms with E-state index >= 15 is 0 Å². The lowest BCUT2D eigenvalue weighted by molar-refractivity contribution is -0.122. The highest BCUT2D eigenvalue weighted by Crippen LogP contribution is 2.29. The Morgan fingerprint density at radius 3 is 2.84 bits per heavy atom. The van der Waals surface area contributed by atoms with Crippen LogP contribution in [0.2, 0.25) is 0 Å². The van der Waals surface area contributed by atoms with Gasteiger partial charge in [-0.3, -0.25) is 4.79 Å². The first kappa shape index (κ1) is 18.1. The van der Waals surface area contributed by atoms with Crippen molar-refractivity contribution in [2.75, 3.05) is 19.6 Å². The van der Waals surface area contributed by atoms with Gasteiger partial charge in [-0.25, -0.2) is 4.39 Å². The molecule has 3 atom stereocenters. The van der Waals surface area contributed by atoms with Crippen LogP contribution in [-0.4, -0.2) is 42.9 Å². The van der Waals surface area contributed by atoms with E-state index in [1.807, 2.05) is 0 Å². The van der Waals surface area contributed by atoms with Gasteiger partial charge in [0.05, 0.1) is 6.10 Å². The number of carbonyl (C=O) groups is 1. The van der Waals surface area contributed by atoms with Gasteiger partial charge in [-0.05, 0) is 56.8 Å². The van der Waals surface area contributed by atoms with Gasteiger partial charge in [0, 0.05) is 24.9 Å². The van der Waals surface area contributed by atoms with E-state index in [9.17, 15) is 14.3 Å². The molecule has 1 aromatic carbocycles. The highest BCUT2D eigenvalue weighted by atomic mass is 19.1. The van der Waals surface area contributed by atoms with Crippen LogP contribution < -0.4 is 15.4 Å². The number of rotatable bonds is 6. The van der Waals surface area contributed by atoms with Crippen LogP contribution in [0.4, 0.5) is 4.39 Å². The molecular formula is C19H27FN2O3. The molecule has 2 aliphatic rings. The summed E-state index contributed by atoms with van der Waals surface area (Å²) in [6, 6.07) is 5.95. The fourth-order valence-corrected chi connectivity index (χ4v) is 3.76. The summed E-state index contributed by atoms with van der Waals surface area (Å²) in [5.74, 6) is 0.578. The number of hydrogen-bond donors (Lipinski definition) is 3. The van der Waals surface area contributed by atoms with E-state index < -0.39 is 6.10 Å². The molecule has 2 fully saturated rings. The van der Waals surface area contributed by atoms with Crippen LogP contribution in [0.5, 0.6) is 5.75 Å². The van der Waals surface area contributed by atoms with E-state index in [4.69, 9.17) is 4.74 Å². The SMILES string of the molecule is O=C(CC1CCNCC1)NC[C@H]1CC[C@@H](Oc2cccc(F)c2)[C@@H]1O. The molecule has 138 valence electrons. The summed E-state index contributed by atoms with van der Waals surface area (Å²) in [6.45, 7) is 2.44. The monoisotopic (exact) mass is 350 g/mol. The molecule has 3 N–H and O–H groups in total. The summed E-state index contributed by atoms with van der Waals surface area (Å²) in [7, 11) is 0. The van der Waals surface area contributed by atoms with Crippen molar-refractivity contribution in [3.8, 4) is 5.75 Å². The molecule has 5 nitrogen and oxygen atoms in total. The van der Waals surface area contributed by atoms with Gasteiger partial charge in [-0.1, -0.05) is 6.07 Å². The summed E-state index contributed by atoms with van der Waals surface area (Å²) in [4.78, 5) is 12.1. The van der Waals surface area contributed by atoms with Crippen LogP contribution >= 0.6 is 0 Å². The fraction of sp³-hybridized carbons (Fsp3) is 0.632. The molecule has 0 bridgehead atoms. The maximum absolute atomic E-state index is 13.2. The Bertz CT molecular complexity index is 578. The third kappa shape index (κ3) is 5.16. The van der Waals surface area contributed by atoms with Gasteiger partial charge in [0.2, 0.25) is 5.91 Å². The zero-order valence-electron chi connectivity index (χ0n) is 14.4. The molecule has 1 aliphatic heterocycles. The minimum atomic E-state index is -0.651. The lowest BCUT2D eigenvalue weighted by Crippen LogP contribution is -2.38. The predicted octanol–water partition coefficient (Wildman–Crippen LogP) is 1.85. The lowest BCUT2D eigenvalue weighted by Gasteiger charge is -2.23. The first-order valence-corrected chi connectivity index (χ1v) is 9.19. The highest BCUT2D eigenvalue weighted by molar-refractivity contribution is 5.76. The molecule has 0 spiro atoms. The number of aliphatic hydroxyl groups excluding tert-OH is 1. The van der Waals surface area contributed by atoms with Crippen LogP contribution in [0.15, 0.2) is 24.3 Å². The molecule has 0 unspecified atom stereocenters. The fourth-order valence-electron chi connectivity index (χ4n) is 3.76. The maximum atomic E-state index is 13.2. The molecule has 1 heterocycles. The molecule has 0 aromatic heterocycles. The van der Waals surface area contributed by atoms with Gasteiger partial charge < -0.3 is 20.5 Å². The minimum Gasteiger partial charge on any atom is -0.488 e. The zero-order valence-corrected chi connectivity index (χ0v) is 14.4. The summed E-state index contributed by atoms with van der Waals surface area (Å²) in [6.07, 6.45) is 3.14. The lowest BCUT2D eigenvalue weighted by atomic mass is 9.94. The van der Waals surface area contributed by atoms with E-state index in [2.05, 4.69) is 10.6 Å².